The maximum atomic E-state index is 12.1. The number of hydrogen-bond donors (Lipinski definition) is 0. The van der Waals surface area contributed by atoms with Crippen molar-refractivity contribution in [2.24, 2.45) is 23.2 Å². The summed E-state index contributed by atoms with van der Waals surface area (Å²) in [7, 11) is 0. The Balaban J connectivity index is 2.05. The van der Waals surface area contributed by atoms with Gasteiger partial charge >= 0.3 is 0 Å². The van der Waals surface area contributed by atoms with Gasteiger partial charge in [0.25, 0.3) is 0 Å². The molecule has 0 aliphatic heterocycles. The zero-order valence-corrected chi connectivity index (χ0v) is 9.42. The van der Waals surface area contributed by atoms with E-state index in [1.165, 1.54) is 0 Å². The van der Waals surface area contributed by atoms with Crippen molar-refractivity contribution in [3.8, 4) is 0 Å². The second-order valence-electron chi connectivity index (χ2n) is 5.45. The van der Waals surface area contributed by atoms with Gasteiger partial charge in [-0.15, -0.1) is 0 Å². The van der Waals surface area contributed by atoms with Gasteiger partial charge in [-0.2, -0.15) is 0 Å². The molecule has 0 aromatic carbocycles. The molecule has 0 heterocycles. The summed E-state index contributed by atoms with van der Waals surface area (Å²) in [5.41, 5.74) is 0.309. The summed E-state index contributed by atoms with van der Waals surface area (Å²) in [4.78, 5) is 12.1. The number of rotatable bonds is 2. The number of allylic oxidation sites excluding steroid dienone is 2. The molecule has 3 atom stereocenters. The third-order valence-electron chi connectivity index (χ3n) is 4.44. The molecule has 3 saturated carbocycles. The van der Waals surface area contributed by atoms with Crippen molar-refractivity contribution in [2.45, 2.75) is 40.0 Å². The Labute approximate surface area is 86.6 Å². The first-order chi connectivity index (χ1) is 6.57. The highest BCUT2D eigenvalue weighted by Crippen LogP contribution is 2.59. The van der Waals surface area contributed by atoms with E-state index in [1.807, 2.05) is 6.92 Å². The van der Waals surface area contributed by atoms with Gasteiger partial charge in [-0.25, -0.2) is 0 Å². The van der Waals surface area contributed by atoms with E-state index in [0.717, 1.165) is 25.2 Å². The van der Waals surface area contributed by atoms with Crippen LogP contribution in [0.25, 0.3) is 0 Å². The Morgan fingerprint density at radius 3 is 2.64 bits per heavy atom. The SMILES string of the molecule is C/C=C/CC1C[C@H]2C[C@@H](C1=O)C2(C)C. The van der Waals surface area contributed by atoms with Crippen LogP contribution in [0.15, 0.2) is 12.2 Å². The number of hydrogen-bond acceptors (Lipinski definition) is 1. The molecule has 0 N–H and O–H groups in total. The molecule has 0 radical (unpaired) electrons. The molecule has 3 fully saturated rings. The summed E-state index contributed by atoms with van der Waals surface area (Å²) in [6.07, 6.45) is 7.46. The highest BCUT2D eigenvalue weighted by atomic mass is 16.1. The van der Waals surface area contributed by atoms with Crippen LogP contribution in [0.2, 0.25) is 0 Å². The van der Waals surface area contributed by atoms with Crippen molar-refractivity contribution < 1.29 is 4.79 Å². The summed E-state index contributed by atoms with van der Waals surface area (Å²) in [5, 5.41) is 0. The fourth-order valence-corrected chi connectivity index (χ4v) is 3.16. The average molecular weight is 192 g/mol. The van der Waals surface area contributed by atoms with Crippen LogP contribution >= 0.6 is 0 Å². The molecule has 0 amide bonds. The molecule has 0 aromatic rings. The lowest BCUT2D eigenvalue weighted by Crippen LogP contribution is -2.56. The minimum Gasteiger partial charge on any atom is -0.299 e. The van der Waals surface area contributed by atoms with Gasteiger partial charge in [-0.1, -0.05) is 26.0 Å². The van der Waals surface area contributed by atoms with E-state index in [1.54, 1.807) is 0 Å². The van der Waals surface area contributed by atoms with E-state index in [9.17, 15) is 4.79 Å². The van der Waals surface area contributed by atoms with Crippen molar-refractivity contribution in [3.63, 3.8) is 0 Å². The van der Waals surface area contributed by atoms with Gasteiger partial charge in [0.15, 0.2) is 0 Å². The third kappa shape index (κ3) is 1.25. The van der Waals surface area contributed by atoms with Gasteiger partial charge in [-0.3, -0.25) is 4.79 Å². The molecular formula is C13H20O. The summed E-state index contributed by atoms with van der Waals surface area (Å²) >= 11 is 0. The molecule has 78 valence electrons. The standard InChI is InChI=1S/C13H20O/c1-4-5-6-9-7-10-8-11(12(9)14)13(10,2)3/h4-5,9-11H,6-8H2,1-3H3/b5-4+/t9?,10-,11-/m0/s1. The summed E-state index contributed by atoms with van der Waals surface area (Å²) in [6.45, 7) is 6.54. The molecule has 3 aliphatic carbocycles. The Bertz CT molecular complexity index is 275. The van der Waals surface area contributed by atoms with Crippen molar-refractivity contribution in [1.29, 1.82) is 0 Å². The van der Waals surface area contributed by atoms with E-state index in [0.29, 0.717) is 23.0 Å². The zero-order valence-electron chi connectivity index (χ0n) is 9.42. The molecule has 2 bridgehead atoms. The molecule has 1 nitrogen and oxygen atoms in total. The molecule has 3 aliphatic rings. The molecule has 0 spiro atoms. The van der Waals surface area contributed by atoms with Crippen LogP contribution in [0.1, 0.15) is 40.0 Å². The van der Waals surface area contributed by atoms with Crippen LogP contribution in [0.4, 0.5) is 0 Å². The third-order valence-corrected chi connectivity index (χ3v) is 4.44. The monoisotopic (exact) mass is 192 g/mol. The first kappa shape index (κ1) is 9.95. The van der Waals surface area contributed by atoms with E-state index >= 15 is 0 Å². The molecule has 0 saturated heterocycles. The van der Waals surface area contributed by atoms with Crippen LogP contribution in [0.5, 0.6) is 0 Å². The lowest BCUT2D eigenvalue weighted by Gasteiger charge is -2.57. The van der Waals surface area contributed by atoms with E-state index < -0.39 is 0 Å². The van der Waals surface area contributed by atoms with Crippen molar-refractivity contribution >= 4 is 5.78 Å². The van der Waals surface area contributed by atoms with Crippen LogP contribution < -0.4 is 0 Å². The second kappa shape index (κ2) is 3.22. The van der Waals surface area contributed by atoms with Gasteiger partial charge in [-0.05, 0) is 37.5 Å². The Morgan fingerprint density at radius 1 is 1.43 bits per heavy atom. The first-order valence-corrected chi connectivity index (χ1v) is 5.72. The predicted molar refractivity (Wildman–Crippen MR) is 57.9 cm³/mol. The topological polar surface area (TPSA) is 17.1 Å². The molecule has 14 heavy (non-hydrogen) atoms. The smallest absolute Gasteiger partial charge is 0.139 e. The number of fused-ring (bicyclic) bond motifs is 2. The van der Waals surface area contributed by atoms with Crippen LogP contribution in [-0.2, 0) is 4.79 Å². The first-order valence-electron chi connectivity index (χ1n) is 5.72. The molecule has 1 heteroatoms. The zero-order chi connectivity index (χ0) is 10.3. The second-order valence-corrected chi connectivity index (χ2v) is 5.45. The van der Waals surface area contributed by atoms with Gasteiger partial charge in [0.1, 0.15) is 5.78 Å². The van der Waals surface area contributed by atoms with Crippen molar-refractivity contribution in [2.75, 3.05) is 0 Å². The quantitative estimate of drug-likeness (QED) is 0.614. The fourth-order valence-electron chi connectivity index (χ4n) is 3.16. The molecular weight excluding hydrogens is 172 g/mol. The van der Waals surface area contributed by atoms with Gasteiger partial charge in [0, 0.05) is 11.8 Å². The van der Waals surface area contributed by atoms with E-state index in [4.69, 9.17) is 0 Å². The lowest BCUT2D eigenvalue weighted by molar-refractivity contribution is -0.156. The van der Waals surface area contributed by atoms with Crippen LogP contribution in [-0.4, -0.2) is 5.78 Å². The van der Waals surface area contributed by atoms with E-state index in [2.05, 4.69) is 26.0 Å². The Morgan fingerprint density at radius 2 is 2.14 bits per heavy atom. The van der Waals surface area contributed by atoms with Crippen molar-refractivity contribution in [3.05, 3.63) is 12.2 Å². The van der Waals surface area contributed by atoms with Gasteiger partial charge in [0.05, 0.1) is 0 Å². The Hall–Kier alpha value is -0.590. The van der Waals surface area contributed by atoms with Crippen LogP contribution in [0.3, 0.4) is 0 Å². The molecule has 3 rings (SSSR count). The molecule has 1 unspecified atom stereocenters. The molecule has 0 aromatic heterocycles. The van der Waals surface area contributed by atoms with Crippen molar-refractivity contribution in [1.82, 2.24) is 0 Å². The largest absolute Gasteiger partial charge is 0.299 e. The maximum Gasteiger partial charge on any atom is 0.139 e. The number of carbonyl (C=O) groups excluding carboxylic acids is 1. The number of carbonyl (C=O) groups is 1. The minimum absolute atomic E-state index is 0.309. The highest BCUT2D eigenvalue weighted by molar-refractivity contribution is 5.87. The lowest BCUT2D eigenvalue weighted by atomic mass is 9.46. The number of Topliss-reactive ketones (excluding diaryl/α,β-unsaturated/α-hetero) is 1. The predicted octanol–water partition coefficient (Wildman–Crippen LogP) is 3.20. The van der Waals surface area contributed by atoms with Crippen LogP contribution in [0, 0.1) is 23.2 Å². The fraction of sp³-hybridized carbons (Fsp3) is 0.769. The van der Waals surface area contributed by atoms with Gasteiger partial charge < -0.3 is 0 Å². The summed E-state index contributed by atoms with van der Waals surface area (Å²) in [6, 6.07) is 0. The Kier molecular flexibility index (Phi) is 2.29. The van der Waals surface area contributed by atoms with Gasteiger partial charge in [0.2, 0.25) is 0 Å². The average Bonchev–Trinajstić information content (AvgIpc) is 2.15. The summed E-state index contributed by atoms with van der Waals surface area (Å²) in [5.74, 6) is 2.05. The summed E-state index contributed by atoms with van der Waals surface area (Å²) < 4.78 is 0. The minimum atomic E-state index is 0.309. The number of ketones is 1. The van der Waals surface area contributed by atoms with E-state index in [-0.39, 0.29) is 0 Å². The highest BCUT2D eigenvalue weighted by Gasteiger charge is 2.57. The maximum absolute atomic E-state index is 12.1. The normalized spacial score (nSPS) is 39.9.